The van der Waals surface area contributed by atoms with Gasteiger partial charge in [-0.25, -0.2) is 4.79 Å². The normalized spacial score (nSPS) is 12.1. The van der Waals surface area contributed by atoms with Gasteiger partial charge in [0.25, 0.3) is 0 Å². The molecule has 1 heterocycles. The highest BCUT2D eigenvalue weighted by Crippen LogP contribution is 2.30. The molecule has 0 fully saturated rings. The molecule has 0 saturated carbocycles. The van der Waals surface area contributed by atoms with Crippen molar-refractivity contribution in [2.45, 2.75) is 33.0 Å². The molecule has 0 aliphatic heterocycles. The van der Waals surface area contributed by atoms with E-state index >= 15 is 0 Å². The Morgan fingerprint density at radius 3 is 2.40 bits per heavy atom. The molecule has 3 rings (SSSR count). The summed E-state index contributed by atoms with van der Waals surface area (Å²) in [4.78, 5) is 24.8. The maximum Gasteiger partial charge on any atom is 0.437 e. The molecule has 188 valence electrons. The fourth-order valence-corrected chi connectivity index (χ4v) is 3.53. The largest absolute Gasteiger partial charge is 0.437 e. The molecular formula is C24H26ClF3N3O4+. The highest BCUT2D eigenvalue weighted by molar-refractivity contribution is 6.30. The number of nitrogens with zero attached hydrogens (tertiary/aromatic N) is 3. The Bertz CT molecular complexity index is 1230. The molecular weight excluding hydrogens is 487 g/mol. The van der Waals surface area contributed by atoms with E-state index in [1.807, 2.05) is 0 Å². The smallest absolute Gasteiger partial charge is 0.426 e. The number of quaternary nitrogens is 1. The summed E-state index contributed by atoms with van der Waals surface area (Å²) in [6.45, 7) is 6.37. The van der Waals surface area contributed by atoms with Gasteiger partial charge >= 0.3 is 17.9 Å². The molecule has 0 aliphatic carbocycles. The molecule has 2 aromatic carbocycles. The summed E-state index contributed by atoms with van der Waals surface area (Å²) < 4.78 is 50.8. The Hall–Kier alpha value is -3.11. The van der Waals surface area contributed by atoms with Crippen LogP contribution in [0.15, 0.2) is 51.7 Å². The third-order valence-electron chi connectivity index (χ3n) is 6.01. The average Bonchev–Trinajstić information content (AvgIpc) is 3.19. The lowest BCUT2D eigenvalue weighted by molar-refractivity contribution is -0.905. The minimum Gasteiger partial charge on any atom is -0.426 e. The number of benzene rings is 2. The number of esters is 1. The molecule has 7 nitrogen and oxygen atoms in total. The molecule has 0 spiro atoms. The van der Waals surface area contributed by atoms with Crippen molar-refractivity contribution in [3.63, 3.8) is 0 Å². The summed E-state index contributed by atoms with van der Waals surface area (Å²) in [5, 5.41) is 4.44. The van der Waals surface area contributed by atoms with E-state index in [2.05, 4.69) is 26.0 Å². The number of rotatable bonds is 9. The van der Waals surface area contributed by atoms with E-state index in [1.165, 1.54) is 18.2 Å². The number of carbonyl (C=O) groups is 1. The molecule has 0 amide bonds. The van der Waals surface area contributed by atoms with Crippen LogP contribution < -0.4 is 10.5 Å². The van der Waals surface area contributed by atoms with E-state index in [9.17, 15) is 22.8 Å². The van der Waals surface area contributed by atoms with E-state index in [0.717, 1.165) is 34.4 Å². The molecule has 3 aromatic rings. The number of alkyl halides is 3. The number of aromatic nitrogens is 2. The number of ether oxygens (including phenoxy) is 1. The summed E-state index contributed by atoms with van der Waals surface area (Å²) in [5.41, 5.74) is -0.200. The minimum atomic E-state index is -4.48. The summed E-state index contributed by atoms with van der Waals surface area (Å²) in [7, 11) is 2.06. The van der Waals surface area contributed by atoms with Crippen molar-refractivity contribution in [3.8, 4) is 17.2 Å². The molecule has 0 bridgehead atoms. The van der Waals surface area contributed by atoms with Crippen molar-refractivity contribution in [1.29, 1.82) is 0 Å². The molecule has 1 aromatic heterocycles. The monoisotopic (exact) mass is 512 g/mol. The number of hydrogen-bond acceptors (Lipinski definition) is 5. The lowest BCUT2D eigenvalue weighted by Gasteiger charge is -2.31. The van der Waals surface area contributed by atoms with Crippen LogP contribution in [-0.2, 0) is 17.5 Å². The van der Waals surface area contributed by atoms with Gasteiger partial charge in [0.2, 0.25) is 5.89 Å². The molecule has 0 atom stereocenters. The molecule has 0 N–H and O–H groups in total. The first kappa shape index (κ1) is 26.5. The fourth-order valence-electron chi connectivity index (χ4n) is 3.33. The van der Waals surface area contributed by atoms with Crippen molar-refractivity contribution >= 4 is 17.6 Å². The summed E-state index contributed by atoms with van der Waals surface area (Å²) in [6.07, 6.45) is -4.27. The first-order chi connectivity index (χ1) is 16.4. The molecule has 35 heavy (non-hydrogen) atoms. The van der Waals surface area contributed by atoms with Gasteiger partial charge in [0.15, 0.2) is 0 Å². The van der Waals surface area contributed by atoms with Gasteiger partial charge in [0, 0.05) is 16.1 Å². The van der Waals surface area contributed by atoms with Crippen molar-refractivity contribution < 1.29 is 31.6 Å². The number of carbonyl (C=O) groups excluding carboxylic acids is 1. The topological polar surface area (TPSA) is 74.3 Å². The quantitative estimate of drug-likeness (QED) is 0.229. The predicted octanol–water partition coefficient (Wildman–Crippen LogP) is 5.01. The van der Waals surface area contributed by atoms with E-state index in [1.54, 1.807) is 12.1 Å². The Kier molecular flexibility index (Phi) is 8.07. The van der Waals surface area contributed by atoms with Crippen LogP contribution in [0.2, 0.25) is 5.02 Å². The summed E-state index contributed by atoms with van der Waals surface area (Å²) in [6, 6.07) is 8.73. The molecule has 0 unspecified atom stereocenters. The first-order valence-electron chi connectivity index (χ1n) is 11.0. The van der Waals surface area contributed by atoms with Gasteiger partial charge in [-0.1, -0.05) is 11.6 Å². The predicted molar refractivity (Wildman–Crippen MR) is 124 cm³/mol. The maximum atomic E-state index is 12.8. The Balaban J connectivity index is 1.78. The van der Waals surface area contributed by atoms with Gasteiger partial charge in [0.1, 0.15) is 5.75 Å². The van der Waals surface area contributed by atoms with Crippen LogP contribution in [0.5, 0.6) is 5.75 Å². The summed E-state index contributed by atoms with van der Waals surface area (Å²) >= 11 is 6.10. The standard InChI is InChI=1S/C24H26ClF3N3O4/c1-4-31(3,5-2)13-12-21(32)34-20-11-10-19(25)14-17(20)15-30-23(33)35-22(29-30)16-6-8-18(9-7-16)24(26,27)28/h6-11,14H,4-5,12-13,15H2,1-3H3/q+1. The highest BCUT2D eigenvalue weighted by Gasteiger charge is 2.30. The van der Waals surface area contributed by atoms with Crippen LogP contribution in [0.1, 0.15) is 31.4 Å². The van der Waals surface area contributed by atoms with Gasteiger partial charge in [-0.2, -0.15) is 17.9 Å². The van der Waals surface area contributed by atoms with Gasteiger partial charge < -0.3 is 13.6 Å². The van der Waals surface area contributed by atoms with Crippen molar-refractivity contribution in [1.82, 2.24) is 9.78 Å². The second-order valence-corrected chi connectivity index (χ2v) is 8.79. The van der Waals surface area contributed by atoms with Crippen LogP contribution in [0.3, 0.4) is 0 Å². The van der Waals surface area contributed by atoms with E-state index in [-0.39, 0.29) is 30.2 Å². The van der Waals surface area contributed by atoms with Crippen LogP contribution in [0.25, 0.3) is 11.5 Å². The zero-order valence-electron chi connectivity index (χ0n) is 19.6. The van der Waals surface area contributed by atoms with Crippen molar-refractivity contribution in [2.75, 3.05) is 26.7 Å². The van der Waals surface area contributed by atoms with E-state index in [4.69, 9.17) is 20.8 Å². The molecule has 0 aliphatic rings. The molecule has 0 saturated heterocycles. The third kappa shape index (κ3) is 6.73. The zero-order valence-corrected chi connectivity index (χ0v) is 20.3. The van der Waals surface area contributed by atoms with E-state index in [0.29, 0.717) is 17.1 Å². The van der Waals surface area contributed by atoms with Crippen molar-refractivity contribution in [2.24, 2.45) is 0 Å². The third-order valence-corrected chi connectivity index (χ3v) is 6.25. The SMILES string of the molecule is CC[N+](C)(CC)CCC(=O)Oc1ccc(Cl)cc1Cn1nc(-c2ccc(C(F)(F)F)cc2)oc1=O. The molecule has 11 heteroatoms. The lowest BCUT2D eigenvalue weighted by atomic mass is 10.1. The van der Waals surface area contributed by atoms with Crippen LogP contribution in [-0.4, -0.2) is 46.9 Å². The first-order valence-corrected chi connectivity index (χ1v) is 11.4. The van der Waals surface area contributed by atoms with Crippen molar-refractivity contribution in [3.05, 3.63) is 69.2 Å². The lowest BCUT2D eigenvalue weighted by Crippen LogP contribution is -2.45. The van der Waals surface area contributed by atoms with Gasteiger partial charge in [-0.15, -0.1) is 5.10 Å². The van der Waals surface area contributed by atoms with Crippen LogP contribution in [0, 0.1) is 0 Å². The van der Waals surface area contributed by atoms with Gasteiger partial charge in [0.05, 0.1) is 45.2 Å². The summed E-state index contributed by atoms with van der Waals surface area (Å²) in [5.74, 6) is -1.15. The minimum absolute atomic E-state index is 0.121. The number of halogens is 4. The van der Waals surface area contributed by atoms with Crippen LogP contribution >= 0.6 is 11.6 Å². The Morgan fingerprint density at radius 1 is 1.14 bits per heavy atom. The maximum absolute atomic E-state index is 12.8. The zero-order chi connectivity index (χ0) is 25.8. The van der Waals surface area contributed by atoms with Gasteiger partial charge in [-0.3, -0.25) is 4.79 Å². The second-order valence-electron chi connectivity index (χ2n) is 8.36. The fraction of sp³-hybridized carbons (Fsp3) is 0.375. The average molecular weight is 513 g/mol. The molecule has 0 radical (unpaired) electrons. The van der Waals surface area contributed by atoms with Crippen LogP contribution in [0.4, 0.5) is 13.2 Å². The Morgan fingerprint density at radius 2 is 1.80 bits per heavy atom. The highest BCUT2D eigenvalue weighted by atomic mass is 35.5. The van der Waals surface area contributed by atoms with E-state index < -0.39 is 23.5 Å². The Labute approximate surface area is 205 Å². The van der Waals surface area contributed by atoms with Gasteiger partial charge in [-0.05, 0) is 56.3 Å². The number of hydrogen-bond donors (Lipinski definition) is 0. The second kappa shape index (κ2) is 10.7.